The number of aliphatic hydroxyl groups is 1. The molecule has 8 heteroatoms. The smallest absolute Gasteiger partial charge is 0.271 e. The lowest BCUT2D eigenvalue weighted by Gasteiger charge is -2.17. The fourth-order valence-corrected chi connectivity index (χ4v) is 2.06. The molecular weight excluding hydrogens is 324 g/mol. The van der Waals surface area contributed by atoms with E-state index in [0.29, 0.717) is 6.54 Å². The molecule has 2 aromatic rings. The standard InChI is InChI=1S/C17H18N4O4/c1-20(10-11-22)15-6-2-13(3-7-15)12-18-19-17(23)14-4-8-16(9-5-14)21(24)25/h2-9,12,22H,10-11H2,1H3,(H,19,23)/b18-12-. The van der Waals surface area contributed by atoms with E-state index >= 15 is 0 Å². The van der Waals surface area contributed by atoms with Crippen molar-refractivity contribution in [3.05, 3.63) is 69.8 Å². The van der Waals surface area contributed by atoms with Crippen molar-refractivity contribution in [3.8, 4) is 0 Å². The van der Waals surface area contributed by atoms with Crippen molar-refractivity contribution >= 4 is 23.5 Å². The number of carbonyl (C=O) groups is 1. The van der Waals surface area contributed by atoms with Gasteiger partial charge in [0, 0.05) is 37.0 Å². The number of carbonyl (C=O) groups excluding carboxylic acids is 1. The van der Waals surface area contributed by atoms with Crippen LogP contribution in [0.15, 0.2) is 53.6 Å². The SMILES string of the molecule is CN(CCO)c1ccc(/C=N\NC(=O)c2ccc([N+](=O)[O-])cc2)cc1. The number of likely N-dealkylation sites (N-methyl/N-ethyl adjacent to an activating group) is 1. The molecule has 0 bridgehead atoms. The maximum Gasteiger partial charge on any atom is 0.271 e. The summed E-state index contributed by atoms with van der Waals surface area (Å²) >= 11 is 0. The molecule has 0 radical (unpaired) electrons. The topological polar surface area (TPSA) is 108 Å². The molecule has 0 atom stereocenters. The molecule has 2 aromatic carbocycles. The molecule has 0 unspecified atom stereocenters. The Hall–Kier alpha value is -3.26. The lowest BCUT2D eigenvalue weighted by molar-refractivity contribution is -0.384. The van der Waals surface area contributed by atoms with E-state index in [1.807, 2.05) is 36.2 Å². The number of hydrogen-bond acceptors (Lipinski definition) is 6. The normalized spacial score (nSPS) is 10.6. The largest absolute Gasteiger partial charge is 0.395 e. The molecule has 0 fully saturated rings. The summed E-state index contributed by atoms with van der Waals surface area (Å²) in [5.74, 6) is -0.453. The van der Waals surface area contributed by atoms with E-state index in [0.717, 1.165) is 11.3 Å². The van der Waals surface area contributed by atoms with Gasteiger partial charge in [0.1, 0.15) is 0 Å². The second kappa shape index (κ2) is 8.55. The Morgan fingerprint density at radius 1 is 1.24 bits per heavy atom. The molecule has 25 heavy (non-hydrogen) atoms. The first kappa shape index (κ1) is 18.1. The number of nitrogens with one attached hydrogen (secondary N) is 1. The summed E-state index contributed by atoms with van der Waals surface area (Å²) in [6.07, 6.45) is 1.50. The van der Waals surface area contributed by atoms with Crippen LogP contribution in [0.1, 0.15) is 15.9 Å². The number of anilines is 1. The Labute approximate surface area is 144 Å². The summed E-state index contributed by atoms with van der Waals surface area (Å²) in [7, 11) is 1.88. The molecule has 0 spiro atoms. The second-order valence-corrected chi connectivity index (χ2v) is 5.24. The van der Waals surface area contributed by atoms with Crippen LogP contribution in [0.5, 0.6) is 0 Å². The summed E-state index contributed by atoms with van der Waals surface area (Å²) < 4.78 is 0. The van der Waals surface area contributed by atoms with Gasteiger partial charge in [-0.3, -0.25) is 14.9 Å². The van der Waals surface area contributed by atoms with Gasteiger partial charge in [-0.15, -0.1) is 0 Å². The van der Waals surface area contributed by atoms with Gasteiger partial charge in [0.15, 0.2) is 0 Å². The van der Waals surface area contributed by atoms with E-state index < -0.39 is 10.8 Å². The number of non-ortho nitro benzene ring substituents is 1. The molecule has 130 valence electrons. The molecule has 1 amide bonds. The minimum Gasteiger partial charge on any atom is -0.395 e. The fraction of sp³-hybridized carbons (Fsp3) is 0.176. The third-order valence-electron chi connectivity index (χ3n) is 3.49. The van der Waals surface area contributed by atoms with Crippen LogP contribution in [-0.4, -0.2) is 42.4 Å². The van der Waals surface area contributed by atoms with Crippen molar-refractivity contribution in [1.29, 1.82) is 0 Å². The number of amides is 1. The highest BCUT2D eigenvalue weighted by Gasteiger charge is 2.08. The van der Waals surface area contributed by atoms with Crippen LogP contribution < -0.4 is 10.3 Å². The van der Waals surface area contributed by atoms with Crippen LogP contribution in [0.25, 0.3) is 0 Å². The number of rotatable bonds is 7. The van der Waals surface area contributed by atoms with Crippen LogP contribution >= 0.6 is 0 Å². The third-order valence-corrected chi connectivity index (χ3v) is 3.49. The molecule has 0 heterocycles. The van der Waals surface area contributed by atoms with Gasteiger partial charge >= 0.3 is 0 Å². The van der Waals surface area contributed by atoms with Crippen molar-refractivity contribution in [2.75, 3.05) is 25.1 Å². The van der Waals surface area contributed by atoms with Gasteiger partial charge in [0.25, 0.3) is 11.6 Å². The highest BCUT2D eigenvalue weighted by atomic mass is 16.6. The first-order valence-electron chi connectivity index (χ1n) is 7.51. The predicted octanol–water partition coefficient (Wildman–Crippen LogP) is 1.79. The molecule has 0 aromatic heterocycles. The van der Waals surface area contributed by atoms with E-state index in [1.165, 1.54) is 30.5 Å². The quantitative estimate of drug-likeness (QED) is 0.453. The summed E-state index contributed by atoms with van der Waals surface area (Å²) in [5, 5.41) is 23.4. The van der Waals surface area contributed by atoms with Gasteiger partial charge in [0.05, 0.1) is 17.7 Å². The number of hydrogen-bond donors (Lipinski definition) is 2. The second-order valence-electron chi connectivity index (χ2n) is 5.24. The Balaban J connectivity index is 1.93. The van der Waals surface area contributed by atoms with Gasteiger partial charge in [0.2, 0.25) is 0 Å². The van der Waals surface area contributed by atoms with E-state index in [2.05, 4.69) is 10.5 Å². The first-order chi connectivity index (χ1) is 12.0. The number of hydrazone groups is 1. The molecule has 2 N–H and O–H groups in total. The van der Waals surface area contributed by atoms with Gasteiger partial charge in [-0.1, -0.05) is 12.1 Å². The summed E-state index contributed by atoms with van der Waals surface area (Å²) in [6.45, 7) is 0.618. The third kappa shape index (κ3) is 5.11. The van der Waals surface area contributed by atoms with Crippen molar-refractivity contribution in [2.45, 2.75) is 0 Å². The molecule has 8 nitrogen and oxygen atoms in total. The maximum absolute atomic E-state index is 11.9. The van der Waals surface area contributed by atoms with E-state index in [9.17, 15) is 14.9 Å². The molecular formula is C17H18N4O4. The van der Waals surface area contributed by atoms with Gasteiger partial charge < -0.3 is 10.0 Å². The van der Waals surface area contributed by atoms with E-state index in [4.69, 9.17) is 5.11 Å². The highest BCUT2D eigenvalue weighted by Crippen LogP contribution is 2.13. The van der Waals surface area contributed by atoms with E-state index in [1.54, 1.807) is 0 Å². The van der Waals surface area contributed by atoms with Crippen molar-refractivity contribution < 1.29 is 14.8 Å². The molecule has 2 rings (SSSR count). The van der Waals surface area contributed by atoms with Crippen LogP contribution in [0.3, 0.4) is 0 Å². The first-order valence-corrected chi connectivity index (χ1v) is 7.51. The zero-order valence-electron chi connectivity index (χ0n) is 13.6. The molecule has 0 aliphatic rings. The average Bonchev–Trinajstić information content (AvgIpc) is 2.62. The molecule has 0 saturated heterocycles. The predicted molar refractivity (Wildman–Crippen MR) is 95.0 cm³/mol. The fourth-order valence-electron chi connectivity index (χ4n) is 2.06. The van der Waals surface area contributed by atoms with Crippen molar-refractivity contribution in [3.63, 3.8) is 0 Å². The van der Waals surface area contributed by atoms with Gasteiger partial charge in [-0.25, -0.2) is 5.43 Å². The van der Waals surface area contributed by atoms with Crippen LogP contribution in [0, 0.1) is 10.1 Å². The molecule has 0 saturated carbocycles. The Bertz CT molecular complexity index is 757. The average molecular weight is 342 g/mol. The summed E-state index contributed by atoms with van der Waals surface area (Å²) in [6, 6.07) is 12.7. The highest BCUT2D eigenvalue weighted by molar-refractivity contribution is 5.95. The zero-order valence-corrected chi connectivity index (χ0v) is 13.6. The van der Waals surface area contributed by atoms with Crippen LogP contribution in [-0.2, 0) is 0 Å². The zero-order chi connectivity index (χ0) is 18.2. The molecule has 0 aliphatic heterocycles. The van der Waals surface area contributed by atoms with E-state index in [-0.39, 0.29) is 17.9 Å². The number of nitro benzene ring substituents is 1. The van der Waals surface area contributed by atoms with Gasteiger partial charge in [-0.05, 0) is 29.8 Å². The van der Waals surface area contributed by atoms with Crippen LogP contribution in [0.4, 0.5) is 11.4 Å². The Morgan fingerprint density at radius 2 is 1.88 bits per heavy atom. The Morgan fingerprint density at radius 3 is 2.44 bits per heavy atom. The minimum atomic E-state index is -0.526. The maximum atomic E-state index is 11.9. The molecule has 0 aliphatic carbocycles. The minimum absolute atomic E-state index is 0.0775. The Kier molecular flexibility index (Phi) is 6.19. The lowest BCUT2D eigenvalue weighted by atomic mass is 10.2. The monoisotopic (exact) mass is 342 g/mol. The number of aliphatic hydroxyl groups excluding tert-OH is 1. The van der Waals surface area contributed by atoms with Crippen molar-refractivity contribution in [1.82, 2.24) is 5.43 Å². The van der Waals surface area contributed by atoms with Crippen molar-refractivity contribution in [2.24, 2.45) is 5.10 Å². The summed E-state index contributed by atoms with van der Waals surface area (Å²) in [4.78, 5) is 23.9. The van der Waals surface area contributed by atoms with Gasteiger partial charge in [-0.2, -0.15) is 5.10 Å². The number of nitro groups is 1. The number of nitrogens with zero attached hydrogens (tertiary/aromatic N) is 3. The van der Waals surface area contributed by atoms with Crippen LogP contribution in [0.2, 0.25) is 0 Å². The number of benzene rings is 2. The summed E-state index contributed by atoms with van der Waals surface area (Å²) in [5.41, 5.74) is 4.33. The lowest BCUT2D eigenvalue weighted by Crippen LogP contribution is -2.20.